The molecule has 0 bridgehead atoms. The Kier molecular flexibility index (Phi) is 3.88. The van der Waals surface area contributed by atoms with Gasteiger partial charge in [0.15, 0.2) is 9.84 Å². The fourth-order valence-electron chi connectivity index (χ4n) is 1.39. The third-order valence-electron chi connectivity index (χ3n) is 2.09. The number of rotatable bonds is 5. The molecular formula is C8H14O5S. The first kappa shape index (κ1) is 11.5. The Bertz CT molecular complexity index is 289. The van der Waals surface area contributed by atoms with Crippen LogP contribution in [-0.2, 0) is 19.4 Å². The second kappa shape index (κ2) is 4.75. The van der Waals surface area contributed by atoms with Gasteiger partial charge in [-0.15, -0.1) is 0 Å². The maximum atomic E-state index is 11.3. The average molecular weight is 222 g/mol. The van der Waals surface area contributed by atoms with E-state index in [1.807, 2.05) is 0 Å². The van der Waals surface area contributed by atoms with Crippen molar-refractivity contribution in [1.82, 2.24) is 0 Å². The first-order valence-corrected chi connectivity index (χ1v) is 6.35. The van der Waals surface area contributed by atoms with Gasteiger partial charge >= 0.3 is 5.97 Å². The van der Waals surface area contributed by atoms with Crippen LogP contribution in [0.4, 0.5) is 0 Å². The lowest BCUT2D eigenvalue weighted by molar-refractivity contribution is -0.136. The van der Waals surface area contributed by atoms with E-state index in [0.29, 0.717) is 6.61 Å². The molecule has 1 aliphatic rings. The highest BCUT2D eigenvalue weighted by atomic mass is 32.2. The van der Waals surface area contributed by atoms with Crippen LogP contribution in [0.2, 0.25) is 0 Å². The third kappa shape index (κ3) is 4.06. The zero-order valence-electron chi connectivity index (χ0n) is 7.81. The molecule has 0 aromatic carbocycles. The molecule has 1 heterocycles. The van der Waals surface area contributed by atoms with E-state index in [-0.39, 0.29) is 24.0 Å². The van der Waals surface area contributed by atoms with Gasteiger partial charge in [-0.05, 0) is 12.8 Å². The highest BCUT2D eigenvalue weighted by Gasteiger charge is 2.23. The molecule has 0 amide bonds. The summed E-state index contributed by atoms with van der Waals surface area (Å²) in [6, 6.07) is 0. The van der Waals surface area contributed by atoms with Gasteiger partial charge in [0.2, 0.25) is 0 Å². The predicted octanol–water partition coefficient (Wildman–Crippen LogP) is 0.0549. The largest absolute Gasteiger partial charge is 0.481 e. The molecule has 1 N–H and O–H groups in total. The van der Waals surface area contributed by atoms with Crippen molar-refractivity contribution in [2.75, 3.05) is 18.1 Å². The molecule has 14 heavy (non-hydrogen) atoms. The molecule has 1 unspecified atom stereocenters. The van der Waals surface area contributed by atoms with Crippen molar-refractivity contribution in [1.29, 1.82) is 0 Å². The second-order valence-corrected chi connectivity index (χ2v) is 5.62. The molecule has 1 rings (SSSR count). The summed E-state index contributed by atoms with van der Waals surface area (Å²) in [6.07, 6.45) is 1.09. The van der Waals surface area contributed by atoms with Crippen LogP contribution in [-0.4, -0.2) is 43.7 Å². The lowest BCUT2D eigenvalue weighted by Gasteiger charge is -2.08. The maximum Gasteiger partial charge on any atom is 0.304 e. The van der Waals surface area contributed by atoms with Crippen molar-refractivity contribution < 1.29 is 23.1 Å². The zero-order chi connectivity index (χ0) is 10.6. The Morgan fingerprint density at radius 1 is 1.50 bits per heavy atom. The fourth-order valence-corrected chi connectivity index (χ4v) is 2.87. The van der Waals surface area contributed by atoms with Gasteiger partial charge in [0.25, 0.3) is 0 Å². The molecule has 0 aromatic heterocycles. The summed E-state index contributed by atoms with van der Waals surface area (Å²) in [5, 5.41) is 8.34. The second-order valence-electron chi connectivity index (χ2n) is 3.39. The number of sulfone groups is 1. The van der Waals surface area contributed by atoms with Gasteiger partial charge in [-0.2, -0.15) is 0 Å². The number of carboxylic acids is 1. The molecule has 0 saturated carbocycles. The lowest BCUT2D eigenvalue weighted by atomic mass is 10.3. The minimum absolute atomic E-state index is 0.0414. The summed E-state index contributed by atoms with van der Waals surface area (Å²) in [5.41, 5.74) is 0. The molecule has 6 heteroatoms. The number of ether oxygens (including phenoxy) is 1. The Morgan fingerprint density at radius 3 is 2.71 bits per heavy atom. The van der Waals surface area contributed by atoms with Gasteiger partial charge in [0.05, 0.1) is 24.0 Å². The van der Waals surface area contributed by atoms with Crippen molar-refractivity contribution in [3.63, 3.8) is 0 Å². The molecule has 1 aliphatic heterocycles. The first-order chi connectivity index (χ1) is 6.49. The van der Waals surface area contributed by atoms with Gasteiger partial charge in [-0.1, -0.05) is 0 Å². The fraction of sp³-hybridized carbons (Fsp3) is 0.875. The summed E-state index contributed by atoms with van der Waals surface area (Å²) >= 11 is 0. The molecule has 0 aromatic rings. The van der Waals surface area contributed by atoms with E-state index in [9.17, 15) is 13.2 Å². The van der Waals surface area contributed by atoms with E-state index in [1.165, 1.54) is 0 Å². The molecule has 1 saturated heterocycles. The number of aliphatic carboxylic acids is 1. The van der Waals surface area contributed by atoms with E-state index in [2.05, 4.69) is 0 Å². The molecule has 1 atom stereocenters. The molecule has 0 aliphatic carbocycles. The minimum atomic E-state index is -3.27. The van der Waals surface area contributed by atoms with Crippen LogP contribution in [0.3, 0.4) is 0 Å². The summed E-state index contributed by atoms with van der Waals surface area (Å²) in [6.45, 7) is 0.610. The van der Waals surface area contributed by atoms with E-state index in [1.54, 1.807) is 0 Å². The van der Waals surface area contributed by atoms with E-state index < -0.39 is 15.8 Å². The molecule has 0 radical (unpaired) electrons. The van der Waals surface area contributed by atoms with Gasteiger partial charge in [0.1, 0.15) is 0 Å². The van der Waals surface area contributed by atoms with Crippen molar-refractivity contribution >= 4 is 15.8 Å². The number of hydrogen-bond acceptors (Lipinski definition) is 4. The lowest BCUT2D eigenvalue weighted by Crippen LogP contribution is -2.23. The highest BCUT2D eigenvalue weighted by molar-refractivity contribution is 7.91. The predicted molar refractivity (Wildman–Crippen MR) is 49.9 cm³/mol. The minimum Gasteiger partial charge on any atom is -0.481 e. The zero-order valence-corrected chi connectivity index (χ0v) is 8.62. The summed E-state index contributed by atoms with van der Waals surface area (Å²) in [4.78, 5) is 10.2. The standard InChI is InChI=1S/C8H14O5S/c9-8(10)3-5-14(11,12)6-7-2-1-4-13-7/h7H,1-6H2,(H,9,10). The van der Waals surface area contributed by atoms with E-state index in [0.717, 1.165) is 12.8 Å². The normalized spacial score (nSPS) is 22.4. The molecular weight excluding hydrogens is 208 g/mol. The molecule has 5 nitrogen and oxygen atoms in total. The van der Waals surface area contributed by atoms with Crippen LogP contribution < -0.4 is 0 Å². The SMILES string of the molecule is O=C(O)CCS(=O)(=O)CC1CCCO1. The third-order valence-corrected chi connectivity index (χ3v) is 3.80. The summed E-state index contributed by atoms with van der Waals surface area (Å²) < 4.78 is 27.9. The Labute approximate surface area is 83.0 Å². The summed E-state index contributed by atoms with van der Waals surface area (Å²) in [5.74, 6) is -1.41. The Hall–Kier alpha value is -0.620. The van der Waals surface area contributed by atoms with Crippen molar-refractivity contribution in [2.24, 2.45) is 0 Å². The number of carbonyl (C=O) groups is 1. The van der Waals surface area contributed by atoms with Crippen LogP contribution in [0.1, 0.15) is 19.3 Å². The summed E-state index contributed by atoms with van der Waals surface area (Å²) in [7, 11) is -3.27. The Balaban J connectivity index is 2.36. The average Bonchev–Trinajstić information content (AvgIpc) is 2.53. The van der Waals surface area contributed by atoms with Crippen LogP contribution in [0.25, 0.3) is 0 Å². The van der Waals surface area contributed by atoms with E-state index in [4.69, 9.17) is 9.84 Å². The quantitative estimate of drug-likeness (QED) is 0.711. The van der Waals surface area contributed by atoms with Gasteiger partial charge in [-0.3, -0.25) is 4.79 Å². The van der Waals surface area contributed by atoms with E-state index >= 15 is 0 Å². The molecule has 1 fully saturated rings. The Morgan fingerprint density at radius 2 is 2.21 bits per heavy atom. The number of hydrogen-bond donors (Lipinski definition) is 1. The topological polar surface area (TPSA) is 80.7 Å². The van der Waals surface area contributed by atoms with Gasteiger partial charge in [-0.25, -0.2) is 8.42 Å². The van der Waals surface area contributed by atoms with Crippen LogP contribution in [0.5, 0.6) is 0 Å². The van der Waals surface area contributed by atoms with Gasteiger partial charge < -0.3 is 9.84 Å². The molecule has 0 spiro atoms. The van der Waals surface area contributed by atoms with Gasteiger partial charge in [0, 0.05) is 6.61 Å². The smallest absolute Gasteiger partial charge is 0.304 e. The first-order valence-electron chi connectivity index (χ1n) is 4.53. The monoisotopic (exact) mass is 222 g/mol. The van der Waals surface area contributed by atoms with Crippen molar-refractivity contribution in [2.45, 2.75) is 25.4 Å². The highest BCUT2D eigenvalue weighted by Crippen LogP contribution is 2.14. The molecule has 82 valence electrons. The van der Waals surface area contributed by atoms with Crippen LogP contribution >= 0.6 is 0 Å². The van der Waals surface area contributed by atoms with Crippen molar-refractivity contribution in [3.8, 4) is 0 Å². The number of carboxylic acid groups (broad SMARTS) is 1. The van der Waals surface area contributed by atoms with Crippen LogP contribution in [0, 0.1) is 0 Å². The maximum absolute atomic E-state index is 11.3. The van der Waals surface area contributed by atoms with Crippen molar-refractivity contribution in [3.05, 3.63) is 0 Å². The van der Waals surface area contributed by atoms with Crippen LogP contribution in [0.15, 0.2) is 0 Å².